The lowest BCUT2D eigenvalue weighted by Crippen LogP contribution is -2.54. The van der Waals surface area contributed by atoms with E-state index in [0.717, 1.165) is 0 Å². The van der Waals surface area contributed by atoms with Crippen LogP contribution in [0.3, 0.4) is 0 Å². The maximum atomic E-state index is 14.8. The van der Waals surface area contributed by atoms with Gasteiger partial charge in [-0.05, 0) is 65.0 Å². The maximum absolute atomic E-state index is 14.8. The van der Waals surface area contributed by atoms with Crippen LogP contribution in [0.5, 0.6) is 0 Å². The number of fused-ring (bicyclic) bond motifs is 1. The van der Waals surface area contributed by atoms with Gasteiger partial charge >= 0.3 is 12.1 Å². The quantitative estimate of drug-likeness (QED) is 0.692. The Morgan fingerprint density at radius 2 is 1.94 bits per heavy atom. The SMILES string of the molecule is Cc1cccc(F)c1N1Cc2cnc(N)nc2N([C@H]2CC[C@@H](NC(=O)OC(C)(C)C)CC2)C1=O. The van der Waals surface area contributed by atoms with E-state index in [1.54, 1.807) is 30.2 Å². The van der Waals surface area contributed by atoms with Gasteiger partial charge in [0.05, 0.1) is 12.2 Å². The first-order valence-corrected chi connectivity index (χ1v) is 11.5. The summed E-state index contributed by atoms with van der Waals surface area (Å²) in [5, 5.41) is 2.92. The molecule has 0 unspecified atom stereocenters. The highest BCUT2D eigenvalue weighted by Crippen LogP contribution is 2.37. The molecular weight excluding hydrogens is 439 g/mol. The third-order valence-corrected chi connectivity index (χ3v) is 6.10. The first-order valence-electron chi connectivity index (χ1n) is 11.5. The molecule has 0 atom stereocenters. The van der Waals surface area contributed by atoms with E-state index in [1.165, 1.54) is 11.0 Å². The topological polar surface area (TPSA) is 114 Å². The zero-order valence-electron chi connectivity index (χ0n) is 20.0. The van der Waals surface area contributed by atoms with Crippen LogP contribution in [0.1, 0.15) is 57.6 Å². The van der Waals surface area contributed by atoms with Crippen molar-refractivity contribution in [2.45, 2.75) is 77.6 Å². The molecular formula is C24H31FN6O3. The number of anilines is 3. The van der Waals surface area contributed by atoms with Crippen molar-refractivity contribution in [3.05, 3.63) is 41.3 Å². The number of halogens is 1. The van der Waals surface area contributed by atoms with Gasteiger partial charge in [0.15, 0.2) is 0 Å². The van der Waals surface area contributed by atoms with Crippen LogP contribution in [0, 0.1) is 12.7 Å². The molecule has 182 valence electrons. The Bertz CT molecular complexity index is 1070. The number of ether oxygens (including phenoxy) is 1. The molecule has 9 nitrogen and oxygen atoms in total. The predicted molar refractivity (Wildman–Crippen MR) is 127 cm³/mol. The number of rotatable bonds is 3. The largest absolute Gasteiger partial charge is 0.444 e. The van der Waals surface area contributed by atoms with Gasteiger partial charge < -0.3 is 15.8 Å². The Balaban J connectivity index is 1.57. The molecule has 1 aromatic carbocycles. The van der Waals surface area contributed by atoms with E-state index >= 15 is 0 Å². The number of nitrogens with two attached hydrogens (primary N) is 1. The second-order valence-electron chi connectivity index (χ2n) is 9.87. The summed E-state index contributed by atoms with van der Waals surface area (Å²) in [4.78, 5) is 37.4. The number of nitrogens with one attached hydrogen (secondary N) is 1. The summed E-state index contributed by atoms with van der Waals surface area (Å²) in [7, 11) is 0. The highest BCUT2D eigenvalue weighted by molar-refractivity contribution is 6.06. The number of carbonyl (C=O) groups is 2. The molecule has 2 aromatic rings. The van der Waals surface area contributed by atoms with Gasteiger partial charge in [0, 0.05) is 23.8 Å². The van der Waals surface area contributed by atoms with Crippen LogP contribution in [0.2, 0.25) is 0 Å². The van der Waals surface area contributed by atoms with Gasteiger partial charge in [-0.25, -0.2) is 19.0 Å². The lowest BCUT2D eigenvalue weighted by Gasteiger charge is -2.42. The molecule has 2 aliphatic rings. The molecule has 0 bridgehead atoms. The van der Waals surface area contributed by atoms with Crippen molar-refractivity contribution in [1.29, 1.82) is 0 Å². The van der Waals surface area contributed by atoms with Crippen LogP contribution in [-0.4, -0.2) is 39.8 Å². The van der Waals surface area contributed by atoms with E-state index in [4.69, 9.17) is 10.5 Å². The fraction of sp³-hybridized carbons (Fsp3) is 0.500. The highest BCUT2D eigenvalue weighted by Gasteiger charge is 2.40. The zero-order chi connectivity index (χ0) is 24.6. The van der Waals surface area contributed by atoms with Gasteiger partial charge in [-0.15, -0.1) is 0 Å². The third-order valence-electron chi connectivity index (χ3n) is 6.10. The lowest BCUT2D eigenvalue weighted by atomic mass is 9.89. The minimum absolute atomic E-state index is 0.0501. The summed E-state index contributed by atoms with van der Waals surface area (Å²) >= 11 is 0. The molecule has 1 fully saturated rings. The number of aromatic nitrogens is 2. The fourth-order valence-corrected chi connectivity index (χ4v) is 4.61. The average molecular weight is 471 g/mol. The van der Waals surface area contributed by atoms with Crippen LogP contribution in [-0.2, 0) is 11.3 Å². The van der Waals surface area contributed by atoms with Crippen molar-refractivity contribution in [3.63, 3.8) is 0 Å². The second kappa shape index (κ2) is 9.08. The third kappa shape index (κ3) is 4.90. The Kier molecular flexibility index (Phi) is 6.33. The molecule has 1 saturated carbocycles. The standard InChI is InChI=1S/C24H31FN6O3/c1-14-6-5-7-18(25)19(14)30-13-15-12-27-21(26)29-20(15)31(23(30)33)17-10-8-16(9-11-17)28-22(32)34-24(2,3)4/h5-7,12,16-17H,8-11,13H2,1-4H3,(H,28,32)(H2,26,27,29)/t16-,17+. The van der Waals surface area contributed by atoms with Gasteiger partial charge in [-0.2, -0.15) is 4.98 Å². The van der Waals surface area contributed by atoms with Crippen LogP contribution in [0.4, 0.5) is 31.4 Å². The van der Waals surface area contributed by atoms with Gasteiger partial charge in [0.2, 0.25) is 5.95 Å². The summed E-state index contributed by atoms with van der Waals surface area (Å²) in [5.74, 6) is 0.0806. The van der Waals surface area contributed by atoms with Crippen molar-refractivity contribution in [2.24, 2.45) is 0 Å². The molecule has 3 N–H and O–H groups in total. The average Bonchev–Trinajstić information content (AvgIpc) is 2.74. The smallest absolute Gasteiger partial charge is 0.407 e. The number of alkyl carbamates (subject to hydrolysis) is 1. The number of aryl methyl sites for hydroxylation is 1. The van der Waals surface area contributed by atoms with Crippen LogP contribution < -0.4 is 20.9 Å². The highest BCUT2D eigenvalue weighted by atomic mass is 19.1. The molecule has 1 aliphatic heterocycles. The van der Waals surface area contributed by atoms with E-state index in [1.807, 2.05) is 20.8 Å². The molecule has 4 rings (SSSR count). The maximum Gasteiger partial charge on any atom is 0.407 e. The first kappa shape index (κ1) is 23.7. The molecule has 3 amide bonds. The van der Waals surface area contributed by atoms with Gasteiger partial charge in [-0.1, -0.05) is 12.1 Å². The number of para-hydroxylation sites is 1. The van der Waals surface area contributed by atoms with Gasteiger partial charge in [0.1, 0.15) is 17.2 Å². The van der Waals surface area contributed by atoms with Crippen molar-refractivity contribution >= 4 is 29.6 Å². The molecule has 2 heterocycles. The summed E-state index contributed by atoms with van der Waals surface area (Å²) < 4.78 is 20.2. The van der Waals surface area contributed by atoms with Crippen molar-refractivity contribution in [2.75, 3.05) is 15.5 Å². The Labute approximate surface area is 198 Å². The summed E-state index contributed by atoms with van der Waals surface area (Å²) in [6.45, 7) is 7.39. The number of carbonyl (C=O) groups excluding carboxylic acids is 2. The summed E-state index contributed by atoms with van der Waals surface area (Å²) in [6.07, 6.45) is 3.76. The lowest BCUT2D eigenvalue weighted by molar-refractivity contribution is 0.0491. The van der Waals surface area contributed by atoms with Crippen molar-refractivity contribution < 1.29 is 18.7 Å². The minimum Gasteiger partial charge on any atom is -0.444 e. The minimum atomic E-state index is -0.570. The van der Waals surface area contributed by atoms with E-state index in [-0.39, 0.29) is 36.3 Å². The molecule has 10 heteroatoms. The van der Waals surface area contributed by atoms with Crippen LogP contribution in [0.25, 0.3) is 0 Å². The van der Waals surface area contributed by atoms with E-state index in [0.29, 0.717) is 42.6 Å². The van der Waals surface area contributed by atoms with Gasteiger partial charge in [-0.3, -0.25) is 9.80 Å². The molecule has 0 radical (unpaired) electrons. The number of hydrogen-bond acceptors (Lipinski definition) is 6. The van der Waals surface area contributed by atoms with E-state index in [2.05, 4.69) is 15.3 Å². The fourth-order valence-electron chi connectivity index (χ4n) is 4.61. The number of benzene rings is 1. The second-order valence-corrected chi connectivity index (χ2v) is 9.87. The molecule has 0 saturated heterocycles. The summed E-state index contributed by atoms with van der Waals surface area (Å²) in [6, 6.07) is 4.18. The Morgan fingerprint density at radius 1 is 1.24 bits per heavy atom. The number of nitrogens with zero attached hydrogens (tertiary/aromatic N) is 4. The number of urea groups is 1. The van der Waals surface area contributed by atoms with Gasteiger partial charge in [0.25, 0.3) is 0 Å². The molecule has 0 spiro atoms. The van der Waals surface area contributed by atoms with E-state index < -0.39 is 17.5 Å². The number of nitrogen functional groups attached to an aromatic ring is 1. The predicted octanol–water partition coefficient (Wildman–Crippen LogP) is 4.29. The first-order chi connectivity index (χ1) is 16.0. The number of amides is 3. The van der Waals surface area contributed by atoms with Crippen molar-refractivity contribution in [3.8, 4) is 0 Å². The normalized spacial score (nSPS) is 20.7. The van der Waals surface area contributed by atoms with Crippen molar-refractivity contribution in [1.82, 2.24) is 15.3 Å². The summed E-state index contributed by atoms with van der Waals surface area (Å²) in [5.41, 5.74) is 6.89. The molecule has 1 aromatic heterocycles. The van der Waals surface area contributed by atoms with Crippen LogP contribution >= 0.6 is 0 Å². The van der Waals surface area contributed by atoms with E-state index in [9.17, 15) is 14.0 Å². The monoisotopic (exact) mass is 470 g/mol. The Morgan fingerprint density at radius 3 is 2.59 bits per heavy atom. The molecule has 1 aliphatic carbocycles. The Hall–Kier alpha value is -3.43. The van der Waals surface area contributed by atoms with Crippen LogP contribution in [0.15, 0.2) is 24.4 Å². The number of hydrogen-bond donors (Lipinski definition) is 2. The molecule has 34 heavy (non-hydrogen) atoms. The zero-order valence-corrected chi connectivity index (χ0v) is 20.0.